The normalized spacial score (nSPS) is 11.4. The second-order valence-electron chi connectivity index (χ2n) is 6.82. The van der Waals surface area contributed by atoms with Gasteiger partial charge in [0.2, 0.25) is 10.0 Å². The lowest BCUT2D eigenvalue weighted by Crippen LogP contribution is -2.22. The number of benzene rings is 3. The molecule has 7 heteroatoms. The molecule has 0 aliphatic heterocycles. The number of halogens is 1. The largest absolute Gasteiger partial charge is 0.478 e. The van der Waals surface area contributed by atoms with Crippen LogP contribution in [0.3, 0.4) is 0 Å². The second-order valence-corrected chi connectivity index (χ2v) is 9.46. The molecule has 2 N–H and O–H groups in total. The third-order valence-corrected chi connectivity index (χ3v) is 6.58. The lowest BCUT2D eigenvalue weighted by molar-refractivity contribution is 0.0697. The van der Waals surface area contributed by atoms with Crippen LogP contribution in [0.2, 0.25) is 5.02 Å². The first kappa shape index (κ1) is 20.9. The fourth-order valence-corrected chi connectivity index (χ4v) is 3.82. The number of sulfonamides is 1. The van der Waals surface area contributed by atoms with Crippen LogP contribution in [0.1, 0.15) is 24.2 Å². The van der Waals surface area contributed by atoms with E-state index >= 15 is 0 Å². The highest BCUT2D eigenvalue weighted by molar-refractivity contribution is 7.93. The predicted molar refractivity (Wildman–Crippen MR) is 117 cm³/mol. The maximum atomic E-state index is 12.3. The van der Waals surface area contributed by atoms with Gasteiger partial charge in [0.25, 0.3) is 0 Å². The molecule has 0 heterocycles. The van der Waals surface area contributed by atoms with Gasteiger partial charge in [-0.1, -0.05) is 60.1 Å². The lowest BCUT2D eigenvalue weighted by Gasteiger charge is -2.15. The average Bonchev–Trinajstić information content (AvgIpc) is 2.68. The zero-order valence-electron chi connectivity index (χ0n) is 15.9. The fourth-order valence-electron chi connectivity index (χ4n) is 2.81. The van der Waals surface area contributed by atoms with Crippen LogP contribution in [0.5, 0.6) is 0 Å². The Balaban J connectivity index is 1.95. The molecule has 5 nitrogen and oxygen atoms in total. The van der Waals surface area contributed by atoms with Crippen LogP contribution < -0.4 is 4.72 Å². The smallest absolute Gasteiger partial charge is 0.335 e. The Labute approximate surface area is 175 Å². The summed E-state index contributed by atoms with van der Waals surface area (Å²) in [6, 6.07) is 19.3. The summed E-state index contributed by atoms with van der Waals surface area (Å²) in [5.74, 6) is -1.03. The van der Waals surface area contributed by atoms with E-state index in [2.05, 4.69) is 4.72 Å². The van der Waals surface area contributed by atoms with E-state index in [1.165, 1.54) is 12.1 Å². The van der Waals surface area contributed by atoms with Crippen molar-refractivity contribution in [1.82, 2.24) is 0 Å². The van der Waals surface area contributed by atoms with Gasteiger partial charge in [0, 0.05) is 16.1 Å². The monoisotopic (exact) mass is 429 g/mol. The molecule has 0 bridgehead atoms. The van der Waals surface area contributed by atoms with Crippen LogP contribution in [0.4, 0.5) is 5.69 Å². The summed E-state index contributed by atoms with van der Waals surface area (Å²) in [6.07, 6.45) is 0. The highest BCUT2D eigenvalue weighted by Crippen LogP contribution is 2.33. The molecule has 150 valence electrons. The minimum absolute atomic E-state index is 0.127. The average molecular weight is 430 g/mol. The van der Waals surface area contributed by atoms with E-state index in [0.717, 1.165) is 22.3 Å². The van der Waals surface area contributed by atoms with E-state index < -0.39 is 21.2 Å². The molecule has 3 aromatic carbocycles. The standard InChI is InChI=1S/C22H20ClNO4S/c1-14(2)29(27,28)24-21-6-4-3-5-19(21)16-9-7-15(8-10-16)18-12-11-17(22(25)26)13-20(18)23/h3-14,24H,1-2H3,(H,25,26). The predicted octanol–water partition coefficient (Wildman–Crippen LogP) is 5.52. The summed E-state index contributed by atoms with van der Waals surface area (Å²) >= 11 is 6.25. The van der Waals surface area contributed by atoms with E-state index in [9.17, 15) is 13.2 Å². The van der Waals surface area contributed by atoms with Crippen molar-refractivity contribution in [3.63, 3.8) is 0 Å². The Bertz CT molecular complexity index is 1160. The van der Waals surface area contributed by atoms with Crippen molar-refractivity contribution in [3.8, 4) is 22.3 Å². The Kier molecular flexibility index (Phi) is 5.96. The second kappa shape index (κ2) is 8.27. The lowest BCUT2D eigenvalue weighted by atomic mass is 9.99. The number of aromatic carboxylic acids is 1. The van der Waals surface area contributed by atoms with Crippen molar-refractivity contribution in [2.24, 2.45) is 0 Å². The molecule has 0 unspecified atom stereocenters. The summed E-state index contributed by atoms with van der Waals surface area (Å²) in [5, 5.41) is 8.87. The van der Waals surface area contributed by atoms with Crippen molar-refractivity contribution in [2.75, 3.05) is 4.72 Å². The maximum Gasteiger partial charge on any atom is 0.335 e. The third-order valence-electron chi connectivity index (χ3n) is 4.52. The Hall–Kier alpha value is -2.83. The molecule has 3 rings (SSSR count). The van der Waals surface area contributed by atoms with Gasteiger partial charge in [-0.05, 0) is 43.2 Å². The van der Waals surface area contributed by atoms with E-state index in [0.29, 0.717) is 10.7 Å². The number of carboxylic acids is 1. The number of rotatable bonds is 6. The summed E-state index contributed by atoms with van der Waals surface area (Å²) < 4.78 is 27.2. The summed E-state index contributed by atoms with van der Waals surface area (Å²) in [5.41, 5.74) is 3.79. The molecule has 0 amide bonds. The van der Waals surface area contributed by atoms with Gasteiger partial charge in [0.15, 0.2) is 0 Å². The van der Waals surface area contributed by atoms with Crippen molar-refractivity contribution in [2.45, 2.75) is 19.1 Å². The molecule has 0 spiro atoms. The molecule has 0 aromatic heterocycles. The van der Waals surface area contributed by atoms with Crippen LogP contribution in [-0.4, -0.2) is 24.7 Å². The minimum Gasteiger partial charge on any atom is -0.478 e. The van der Waals surface area contributed by atoms with E-state index in [1.807, 2.05) is 36.4 Å². The van der Waals surface area contributed by atoms with Crippen molar-refractivity contribution in [1.29, 1.82) is 0 Å². The van der Waals surface area contributed by atoms with Crippen LogP contribution in [0, 0.1) is 0 Å². The highest BCUT2D eigenvalue weighted by Gasteiger charge is 2.17. The van der Waals surface area contributed by atoms with Gasteiger partial charge >= 0.3 is 5.97 Å². The molecular weight excluding hydrogens is 410 g/mol. The van der Waals surface area contributed by atoms with E-state index in [-0.39, 0.29) is 5.56 Å². The Morgan fingerprint density at radius 2 is 1.52 bits per heavy atom. The Morgan fingerprint density at radius 3 is 2.07 bits per heavy atom. The molecule has 0 radical (unpaired) electrons. The van der Waals surface area contributed by atoms with Gasteiger partial charge in [-0.25, -0.2) is 13.2 Å². The zero-order valence-corrected chi connectivity index (χ0v) is 17.5. The summed E-state index contributed by atoms with van der Waals surface area (Å²) in [6.45, 7) is 3.25. The van der Waals surface area contributed by atoms with Crippen LogP contribution in [-0.2, 0) is 10.0 Å². The molecular formula is C22H20ClNO4S. The first-order valence-electron chi connectivity index (χ1n) is 8.93. The number of hydrogen-bond donors (Lipinski definition) is 2. The zero-order chi connectivity index (χ0) is 21.2. The van der Waals surface area contributed by atoms with Crippen LogP contribution >= 0.6 is 11.6 Å². The van der Waals surface area contributed by atoms with Gasteiger partial charge in [-0.15, -0.1) is 0 Å². The molecule has 0 fully saturated rings. The van der Waals surface area contributed by atoms with E-state index in [4.69, 9.17) is 16.7 Å². The first-order valence-corrected chi connectivity index (χ1v) is 10.9. The number of para-hydroxylation sites is 1. The number of carboxylic acid groups (broad SMARTS) is 1. The topological polar surface area (TPSA) is 83.5 Å². The number of nitrogens with one attached hydrogen (secondary N) is 1. The third kappa shape index (κ3) is 4.60. The van der Waals surface area contributed by atoms with Crippen molar-refractivity contribution in [3.05, 3.63) is 77.3 Å². The molecule has 0 atom stereocenters. The summed E-state index contributed by atoms with van der Waals surface area (Å²) in [4.78, 5) is 11.1. The first-order chi connectivity index (χ1) is 13.7. The number of hydrogen-bond acceptors (Lipinski definition) is 3. The molecule has 0 aliphatic rings. The Morgan fingerprint density at radius 1 is 0.931 bits per heavy atom. The number of carbonyl (C=O) groups is 1. The van der Waals surface area contributed by atoms with Gasteiger partial charge in [-0.2, -0.15) is 0 Å². The highest BCUT2D eigenvalue weighted by atomic mass is 35.5. The van der Waals surface area contributed by atoms with Gasteiger partial charge in [-0.3, -0.25) is 4.72 Å². The van der Waals surface area contributed by atoms with Gasteiger partial charge in [0.1, 0.15) is 0 Å². The molecule has 29 heavy (non-hydrogen) atoms. The van der Waals surface area contributed by atoms with Crippen molar-refractivity contribution < 1.29 is 18.3 Å². The van der Waals surface area contributed by atoms with Crippen LogP contribution in [0.25, 0.3) is 22.3 Å². The number of anilines is 1. The van der Waals surface area contributed by atoms with E-state index in [1.54, 1.807) is 32.0 Å². The van der Waals surface area contributed by atoms with Gasteiger partial charge in [0.05, 0.1) is 16.5 Å². The minimum atomic E-state index is -3.47. The summed E-state index contributed by atoms with van der Waals surface area (Å²) in [7, 11) is -3.47. The SMILES string of the molecule is CC(C)S(=O)(=O)Nc1ccccc1-c1ccc(-c2ccc(C(=O)O)cc2Cl)cc1. The molecule has 3 aromatic rings. The molecule has 0 aliphatic carbocycles. The molecule has 0 saturated carbocycles. The molecule has 0 saturated heterocycles. The van der Waals surface area contributed by atoms with Crippen LogP contribution in [0.15, 0.2) is 66.7 Å². The van der Waals surface area contributed by atoms with Crippen molar-refractivity contribution >= 4 is 33.3 Å². The van der Waals surface area contributed by atoms with Gasteiger partial charge < -0.3 is 5.11 Å². The maximum absolute atomic E-state index is 12.3. The fraction of sp³-hybridized carbons (Fsp3) is 0.136. The quantitative estimate of drug-likeness (QED) is 0.540.